The first-order chi connectivity index (χ1) is 14.7. The lowest BCUT2D eigenvalue weighted by molar-refractivity contribution is 0.368. The summed E-state index contributed by atoms with van der Waals surface area (Å²) in [4.78, 5) is 0. The maximum absolute atomic E-state index is 9.92. The third-order valence-electron chi connectivity index (χ3n) is 5.84. The van der Waals surface area contributed by atoms with E-state index in [2.05, 4.69) is 60.7 Å². The van der Waals surface area contributed by atoms with Crippen molar-refractivity contribution in [1.29, 1.82) is 5.26 Å². The number of nitrogens with zero attached hydrogens (tertiary/aromatic N) is 1. The Kier molecular flexibility index (Phi) is 4.26. The molecule has 30 heavy (non-hydrogen) atoms. The van der Waals surface area contributed by atoms with Crippen LogP contribution < -0.4 is 4.74 Å². The van der Waals surface area contributed by atoms with Crippen LogP contribution in [-0.4, -0.2) is 11.7 Å². The number of phenols is 1. The molecule has 1 aliphatic carbocycles. The number of nitriles is 1. The molecule has 0 fully saturated rings. The minimum absolute atomic E-state index is 0.0219. The number of aromatic hydroxyl groups is 1. The second-order valence-corrected chi connectivity index (χ2v) is 7.36. The molecule has 144 valence electrons. The van der Waals surface area contributed by atoms with Gasteiger partial charge in [-0.05, 0) is 57.6 Å². The molecule has 0 saturated heterocycles. The summed E-state index contributed by atoms with van der Waals surface area (Å²) >= 11 is 0. The standard InChI is InChI=1S/C27H19NO2/c28-17-18-30-22-15-11-20(12-16-22)27(19-9-13-21(29)14-10-19)25-7-3-1-5-23(25)24-6-2-4-8-26(24)27/h1-16,29H,18H2. The molecule has 4 aromatic rings. The van der Waals surface area contributed by atoms with Gasteiger partial charge in [-0.2, -0.15) is 5.26 Å². The number of phenolic OH excluding ortho intramolecular Hbond substituents is 1. The molecule has 5 rings (SSSR count). The van der Waals surface area contributed by atoms with Gasteiger partial charge in [0.15, 0.2) is 6.61 Å². The lowest BCUT2D eigenvalue weighted by Gasteiger charge is -2.34. The van der Waals surface area contributed by atoms with Gasteiger partial charge in [0.1, 0.15) is 17.6 Å². The van der Waals surface area contributed by atoms with E-state index in [0.29, 0.717) is 5.75 Å². The molecule has 1 aliphatic rings. The van der Waals surface area contributed by atoms with Gasteiger partial charge in [-0.15, -0.1) is 0 Å². The van der Waals surface area contributed by atoms with Gasteiger partial charge >= 0.3 is 0 Å². The van der Waals surface area contributed by atoms with E-state index in [4.69, 9.17) is 10.00 Å². The van der Waals surface area contributed by atoms with E-state index < -0.39 is 5.41 Å². The molecule has 1 N–H and O–H groups in total. The van der Waals surface area contributed by atoms with Crippen molar-refractivity contribution >= 4 is 0 Å². The first kappa shape index (κ1) is 18.0. The maximum atomic E-state index is 9.92. The Labute approximate surface area is 175 Å². The van der Waals surface area contributed by atoms with Gasteiger partial charge in [-0.25, -0.2) is 0 Å². The average Bonchev–Trinajstić information content (AvgIpc) is 3.10. The molecule has 0 aromatic heterocycles. The fourth-order valence-electron chi connectivity index (χ4n) is 4.65. The summed E-state index contributed by atoms with van der Waals surface area (Å²) in [6, 6.07) is 34.4. The van der Waals surface area contributed by atoms with Crippen molar-refractivity contribution in [2.75, 3.05) is 6.61 Å². The van der Waals surface area contributed by atoms with Crippen LogP contribution in [0.3, 0.4) is 0 Å². The number of hydrogen-bond acceptors (Lipinski definition) is 3. The number of fused-ring (bicyclic) bond motifs is 3. The minimum Gasteiger partial charge on any atom is -0.508 e. The van der Waals surface area contributed by atoms with Gasteiger partial charge in [-0.3, -0.25) is 0 Å². The third-order valence-corrected chi connectivity index (χ3v) is 5.84. The second kappa shape index (κ2) is 7.09. The van der Waals surface area contributed by atoms with E-state index in [1.54, 1.807) is 12.1 Å². The first-order valence-electron chi connectivity index (χ1n) is 9.84. The van der Waals surface area contributed by atoms with Crippen LogP contribution in [-0.2, 0) is 5.41 Å². The number of benzene rings is 4. The van der Waals surface area contributed by atoms with Crippen molar-refractivity contribution in [3.63, 3.8) is 0 Å². The van der Waals surface area contributed by atoms with Crippen molar-refractivity contribution in [2.45, 2.75) is 5.41 Å². The zero-order valence-corrected chi connectivity index (χ0v) is 16.2. The van der Waals surface area contributed by atoms with Gasteiger partial charge in [0.25, 0.3) is 0 Å². The quantitative estimate of drug-likeness (QED) is 0.432. The summed E-state index contributed by atoms with van der Waals surface area (Å²) in [6.45, 7) is 0.0219. The molecule has 3 heteroatoms. The maximum Gasteiger partial charge on any atom is 0.174 e. The lowest BCUT2D eigenvalue weighted by atomic mass is 9.68. The number of ether oxygens (including phenoxy) is 1. The van der Waals surface area contributed by atoms with Crippen molar-refractivity contribution in [1.82, 2.24) is 0 Å². The summed E-state index contributed by atoms with van der Waals surface area (Å²) in [7, 11) is 0. The van der Waals surface area contributed by atoms with Crippen molar-refractivity contribution in [3.05, 3.63) is 119 Å². The minimum atomic E-state index is -0.505. The normalized spacial score (nSPS) is 13.2. The Hall–Kier alpha value is -4.03. The van der Waals surface area contributed by atoms with Crippen molar-refractivity contribution in [3.8, 4) is 28.7 Å². The summed E-state index contributed by atoms with van der Waals surface area (Å²) in [5.74, 6) is 0.912. The van der Waals surface area contributed by atoms with E-state index in [1.807, 2.05) is 30.3 Å². The van der Waals surface area contributed by atoms with Gasteiger partial charge in [0, 0.05) is 0 Å². The predicted molar refractivity (Wildman–Crippen MR) is 117 cm³/mol. The Morgan fingerprint density at radius 1 is 0.700 bits per heavy atom. The second-order valence-electron chi connectivity index (χ2n) is 7.36. The zero-order chi connectivity index (χ0) is 20.6. The largest absolute Gasteiger partial charge is 0.508 e. The van der Waals surface area contributed by atoms with Crippen molar-refractivity contribution < 1.29 is 9.84 Å². The van der Waals surface area contributed by atoms with Crippen LogP contribution in [0.1, 0.15) is 22.3 Å². The summed E-state index contributed by atoms with van der Waals surface area (Å²) in [5.41, 5.74) is 6.54. The van der Waals surface area contributed by atoms with Gasteiger partial charge < -0.3 is 9.84 Å². The number of hydrogen-bond donors (Lipinski definition) is 1. The lowest BCUT2D eigenvalue weighted by Crippen LogP contribution is -2.28. The molecule has 0 bridgehead atoms. The Morgan fingerprint density at radius 3 is 1.73 bits per heavy atom. The summed E-state index contributed by atoms with van der Waals surface area (Å²) in [6.07, 6.45) is 0. The van der Waals surface area contributed by atoms with E-state index >= 15 is 0 Å². The first-order valence-corrected chi connectivity index (χ1v) is 9.84. The van der Waals surface area contributed by atoms with Gasteiger partial charge in [0.05, 0.1) is 5.41 Å². The van der Waals surface area contributed by atoms with Gasteiger partial charge in [-0.1, -0.05) is 72.8 Å². The summed E-state index contributed by atoms with van der Waals surface area (Å²) < 4.78 is 5.47. The molecule has 0 atom stereocenters. The molecular formula is C27H19NO2. The highest BCUT2D eigenvalue weighted by molar-refractivity contribution is 5.86. The van der Waals surface area contributed by atoms with Crippen LogP contribution in [0.5, 0.6) is 11.5 Å². The molecule has 3 nitrogen and oxygen atoms in total. The third kappa shape index (κ3) is 2.58. The Morgan fingerprint density at radius 2 is 1.20 bits per heavy atom. The molecule has 0 saturated carbocycles. The highest BCUT2D eigenvalue weighted by Gasteiger charge is 2.45. The van der Waals surface area contributed by atoms with E-state index in [0.717, 1.165) is 11.1 Å². The van der Waals surface area contributed by atoms with E-state index in [1.165, 1.54) is 22.3 Å². The topological polar surface area (TPSA) is 53.2 Å². The highest BCUT2D eigenvalue weighted by atomic mass is 16.5. The average molecular weight is 389 g/mol. The molecule has 0 heterocycles. The Bertz CT molecular complexity index is 1210. The molecule has 0 radical (unpaired) electrons. The smallest absolute Gasteiger partial charge is 0.174 e. The Balaban J connectivity index is 1.81. The predicted octanol–water partition coefficient (Wildman–Crippen LogP) is 5.66. The van der Waals surface area contributed by atoms with E-state index in [-0.39, 0.29) is 12.4 Å². The van der Waals surface area contributed by atoms with Crippen LogP contribution >= 0.6 is 0 Å². The molecule has 0 aliphatic heterocycles. The van der Waals surface area contributed by atoms with Crippen LogP contribution in [0, 0.1) is 11.3 Å². The zero-order valence-electron chi connectivity index (χ0n) is 16.2. The SMILES string of the molecule is N#CCOc1ccc(C2(c3ccc(O)cc3)c3ccccc3-c3ccccc32)cc1. The fraction of sp³-hybridized carbons (Fsp3) is 0.0741. The molecule has 0 unspecified atom stereocenters. The van der Waals surface area contributed by atoms with E-state index in [9.17, 15) is 5.11 Å². The monoisotopic (exact) mass is 389 g/mol. The van der Waals surface area contributed by atoms with Crippen LogP contribution in [0.15, 0.2) is 97.1 Å². The van der Waals surface area contributed by atoms with Crippen LogP contribution in [0.2, 0.25) is 0 Å². The molecule has 0 spiro atoms. The molecular weight excluding hydrogens is 370 g/mol. The molecule has 4 aromatic carbocycles. The number of rotatable bonds is 4. The van der Waals surface area contributed by atoms with Crippen LogP contribution in [0.4, 0.5) is 0 Å². The fourth-order valence-corrected chi connectivity index (χ4v) is 4.65. The molecule has 0 amide bonds. The van der Waals surface area contributed by atoms with Gasteiger partial charge in [0.2, 0.25) is 0 Å². The summed E-state index contributed by atoms with van der Waals surface area (Å²) in [5, 5.41) is 18.7. The van der Waals surface area contributed by atoms with Crippen molar-refractivity contribution in [2.24, 2.45) is 0 Å². The van der Waals surface area contributed by atoms with Crippen LogP contribution in [0.25, 0.3) is 11.1 Å². The highest BCUT2D eigenvalue weighted by Crippen LogP contribution is 2.56.